The van der Waals surface area contributed by atoms with Crippen LogP contribution in [-0.2, 0) is 14.1 Å². The molecule has 4 nitrogen and oxygen atoms in total. The van der Waals surface area contributed by atoms with Gasteiger partial charge in [-0.2, -0.15) is 0 Å². The second-order valence-corrected chi connectivity index (χ2v) is 7.36. The molecule has 2 aromatic carbocycles. The summed E-state index contributed by atoms with van der Waals surface area (Å²) >= 11 is 0. The number of Topliss-reactive ketones (excluding diaryl/α,β-unsaturated/α-hetero) is 2. The van der Waals surface area contributed by atoms with Crippen LogP contribution in [0.2, 0.25) is 0 Å². The number of nitrogens with zero attached hydrogens (tertiary/aromatic N) is 2. The number of ketones is 2. The maximum Gasteiger partial charge on any atom is 0.188 e. The molecule has 0 saturated heterocycles. The Hall–Kier alpha value is -3.14. The number of carbonyl (C=O) groups is 2. The number of aromatic nitrogens is 2. The van der Waals surface area contributed by atoms with Crippen molar-refractivity contribution in [3.05, 3.63) is 71.0 Å². The van der Waals surface area contributed by atoms with Gasteiger partial charge in [0.05, 0.1) is 23.2 Å². The van der Waals surface area contributed by atoms with E-state index < -0.39 is 0 Å². The van der Waals surface area contributed by atoms with Crippen molar-refractivity contribution in [2.75, 3.05) is 0 Å². The summed E-state index contributed by atoms with van der Waals surface area (Å²) in [5.41, 5.74) is 5.27. The summed E-state index contributed by atoms with van der Waals surface area (Å²) in [6.07, 6.45) is 0. The number of fused-ring (bicyclic) bond motifs is 9. The predicted molar refractivity (Wildman–Crippen MR) is 100.0 cm³/mol. The van der Waals surface area contributed by atoms with Gasteiger partial charge < -0.3 is 9.13 Å². The maximum atomic E-state index is 13.4. The molecular formula is C22H16N2O2. The van der Waals surface area contributed by atoms with Crippen LogP contribution < -0.4 is 0 Å². The Kier molecular flexibility index (Phi) is 2.34. The molecule has 0 saturated carbocycles. The van der Waals surface area contributed by atoms with Gasteiger partial charge in [0.2, 0.25) is 0 Å². The summed E-state index contributed by atoms with van der Waals surface area (Å²) in [7, 11) is 3.85. The molecule has 2 aliphatic carbocycles. The van der Waals surface area contributed by atoms with Gasteiger partial charge in [0.25, 0.3) is 0 Å². The monoisotopic (exact) mass is 340 g/mol. The molecule has 0 N–H and O–H groups in total. The Bertz CT molecular complexity index is 1200. The third-order valence-electron chi connectivity index (χ3n) is 6.28. The second-order valence-electron chi connectivity index (χ2n) is 7.36. The number of hydrogen-bond acceptors (Lipinski definition) is 2. The molecule has 2 aliphatic rings. The predicted octanol–water partition coefficient (Wildman–Crippen LogP) is 3.93. The minimum absolute atomic E-state index is 0.0761. The third-order valence-corrected chi connectivity index (χ3v) is 6.28. The summed E-state index contributed by atoms with van der Waals surface area (Å²) in [5, 5.41) is 2.05. The number of carbonyl (C=O) groups excluding carboxylic acids is 2. The van der Waals surface area contributed by atoms with E-state index in [1.165, 1.54) is 0 Å². The minimum atomic E-state index is -0.385. The van der Waals surface area contributed by atoms with Gasteiger partial charge in [-0.15, -0.1) is 0 Å². The molecule has 4 aromatic rings. The average molecular weight is 340 g/mol. The van der Waals surface area contributed by atoms with E-state index in [4.69, 9.17) is 0 Å². The van der Waals surface area contributed by atoms with Crippen LogP contribution in [-0.4, -0.2) is 20.7 Å². The Labute approximate surface area is 149 Å². The largest absolute Gasteiger partial charge is 0.341 e. The minimum Gasteiger partial charge on any atom is -0.341 e. The zero-order chi connectivity index (χ0) is 17.7. The molecule has 4 heteroatoms. The first-order valence-corrected chi connectivity index (χ1v) is 8.84. The van der Waals surface area contributed by atoms with E-state index in [0.29, 0.717) is 11.4 Å². The number of aryl methyl sites for hydroxylation is 2. The normalized spacial score (nSPS) is 20.8. The first-order valence-electron chi connectivity index (χ1n) is 8.84. The topological polar surface area (TPSA) is 44.0 Å². The lowest BCUT2D eigenvalue weighted by molar-refractivity contribution is 0.0907. The lowest BCUT2D eigenvalue weighted by Crippen LogP contribution is -2.13. The fraction of sp³-hybridized carbons (Fsp3) is 0.182. The molecule has 0 bridgehead atoms. The molecule has 0 unspecified atom stereocenters. The maximum absolute atomic E-state index is 13.4. The SMILES string of the molecule is Cn1c2c(c3ccccc31)[C@H]1C(=O)c3c(c4ccccc4n3C)[C@H]1C2=O. The molecule has 2 aromatic heterocycles. The van der Waals surface area contributed by atoms with Crippen molar-refractivity contribution in [1.29, 1.82) is 0 Å². The second kappa shape index (κ2) is 4.33. The molecule has 0 aliphatic heterocycles. The lowest BCUT2D eigenvalue weighted by Gasteiger charge is -2.11. The zero-order valence-corrected chi connectivity index (χ0v) is 14.5. The Balaban J connectivity index is 1.73. The van der Waals surface area contributed by atoms with Crippen LogP contribution in [0, 0.1) is 0 Å². The molecule has 6 rings (SSSR count). The van der Waals surface area contributed by atoms with Gasteiger partial charge in [-0.1, -0.05) is 36.4 Å². The fourth-order valence-corrected chi connectivity index (χ4v) is 5.26. The molecular weight excluding hydrogens is 324 g/mol. The molecule has 126 valence electrons. The average Bonchev–Trinajstić information content (AvgIpc) is 3.31. The number of hydrogen-bond donors (Lipinski definition) is 0. The Morgan fingerprint density at radius 3 is 1.46 bits per heavy atom. The zero-order valence-electron chi connectivity index (χ0n) is 14.5. The fourth-order valence-electron chi connectivity index (χ4n) is 5.26. The van der Waals surface area contributed by atoms with Crippen LogP contribution in [0.5, 0.6) is 0 Å². The van der Waals surface area contributed by atoms with Gasteiger partial charge in [-0.05, 0) is 12.1 Å². The van der Waals surface area contributed by atoms with E-state index in [2.05, 4.69) is 0 Å². The van der Waals surface area contributed by atoms with Crippen molar-refractivity contribution in [1.82, 2.24) is 9.13 Å². The summed E-state index contributed by atoms with van der Waals surface area (Å²) in [6.45, 7) is 0. The van der Waals surface area contributed by atoms with Gasteiger partial charge >= 0.3 is 0 Å². The van der Waals surface area contributed by atoms with E-state index in [1.807, 2.05) is 71.8 Å². The molecule has 0 fully saturated rings. The van der Waals surface area contributed by atoms with Crippen molar-refractivity contribution in [3.63, 3.8) is 0 Å². The van der Waals surface area contributed by atoms with E-state index in [9.17, 15) is 9.59 Å². The Morgan fingerprint density at radius 1 is 0.654 bits per heavy atom. The van der Waals surface area contributed by atoms with E-state index in [1.54, 1.807) is 0 Å². The van der Waals surface area contributed by atoms with Crippen molar-refractivity contribution in [2.24, 2.45) is 14.1 Å². The summed E-state index contributed by atoms with van der Waals surface area (Å²) in [5.74, 6) is -0.617. The van der Waals surface area contributed by atoms with E-state index in [0.717, 1.165) is 32.9 Å². The summed E-state index contributed by atoms with van der Waals surface area (Å²) in [6, 6.07) is 16.0. The molecule has 2 atom stereocenters. The van der Waals surface area contributed by atoms with Crippen molar-refractivity contribution >= 4 is 33.4 Å². The lowest BCUT2D eigenvalue weighted by atomic mass is 9.89. The Morgan fingerprint density at radius 2 is 1.04 bits per heavy atom. The van der Waals surface area contributed by atoms with Crippen LogP contribution in [0.4, 0.5) is 0 Å². The molecule has 0 radical (unpaired) electrons. The standard InChI is InChI=1S/C22H16N2O2/c1-23-13-9-5-3-7-11(13)15-17-18(21(25)19(15)23)16-12-8-4-6-10-14(12)24(2)20(16)22(17)26/h3-10,17-18H,1-2H3/t17-,18-/m1/s1. The van der Waals surface area contributed by atoms with Crippen LogP contribution >= 0.6 is 0 Å². The highest BCUT2D eigenvalue weighted by molar-refractivity contribution is 6.24. The molecule has 0 amide bonds. The van der Waals surface area contributed by atoms with Crippen LogP contribution in [0.1, 0.15) is 43.9 Å². The van der Waals surface area contributed by atoms with Gasteiger partial charge in [-0.25, -0.2) is 0 Å². The number of benzene rings is 2. The van der Waals surface area contributed by atoms with Crippen molar-refractivity contribution in [3.8, 4) is 0 Å². The summed E-state index contributed by atoms with van der Waals surface area (Å²) in [4.78, 5) is 26.9. The van der Waals surface area contributed by atoms with E-state index >= 15 is 0 Å². The van der Waals surface area contributed by atoms with Crippen molar-refractivity contribution in [2.45, 2.75) is 11.8 Å². The van der Waals surface area contributed by atoms with Gasteiger partial charge in [-0.3, -0.25) is 9.59 Å². The first kappa shape index (κ1) is 14.1. The smallest absolute Gasteiger partial charge is 0.188 e. The first-order chi connectivity index (χ1) is 12.6. The van der Waals surface area contributed by atoms with E-state index in [-0.39, 0.29) is 23.4 Å². The van der Waals surface area contributed by atoms with Crippen LogP contribution in [0.3, 0.4) is 0 Å². The van der Waals surface area contributed by atoms with Crippen molar-refractivity contribution < 1.29 is 9.59 Å². The molecule has 2 heterocycles. The number of para-hydroxylation sites is 2. The quantitative estimate of drug-likeness (QED) is 0.487. The van der Waals surface area contributed by atoms with Gasteiger partial charge in [0.15, 0.2) is 11.6 Å². The number of rotatable bonds is 0. The van der Waals surface area contributed by atoms with Crippen LogP contribution in [0.25, 0.3) is 21.8 Å². The highest BCUT2D eigenvalue weighted by atomic mass is 16.1. The molecule has 26 heavy (non-hydrogen) atoms. The third kappa shape index (κ3) is 1.32. The van der Waals surface area contributed by atoms with Gasteiger partial charge in [0.1, 0.15) is 0 Å². The summed E-state index contributed by atoms with van der Waals surface area (Å²) < 4.78 is 3.92. The van der Waals surface area contributed by atoms with Gasteiger partial charge in [0, 0.05) is 47.0 Å². The van der Waals surface area contributed by atoms with Crippen LogP contribution in [0.15, 0.2) is 48.5 Å². The highest BCUT2D eigenvalue weighted by Gasteiger charge is 2.55. The molecule has 0 spiro atoms. The highest BCUT2D eigenvalue weighted by Crippen LogP contribution is 2.56.